The Bertz CT molecular complexity index is 691. The molecule has 2 aliphatic rings. The van der Waals surface area contributed by atoms with Gasteiger partial charge in [0.05, 0.1) is 11.6 Å². The first-order chi connectivity index (χ1) is 11.2. The van der Waals surface area contributed by atoms with Crippen LogP contribution in [0.3, 0.4) is 0 Å². The number of nitrogens with zero attached hydrogens (tertiary/aromatic N) is 2. The van der Waals surface area contributed by atoms with Gasteiger partial charge in [-0.3, -0.25) is 0 Å². The van der Waals surface area contributed by atoms with Crippen molar-refractivity contribution in [2.45, 2.75) is 45.3 Å². The number of halogens is 1. The maximum absolute atomic E-state index is 12.0. The van der Waals surface area contributed by atoms with Crippen molar-refractivity contribution in [3.05, 3.63) is 34.6 Å². The molecule has 128 valence electrons. The fourth-order valence-corrected chi connectivity index (χ4v) is 3.52. The SMILES string of the molecule is [C-]#[N+]c1ccc(OC2CC3(C2)CN(C(=O)OC(C)(C)C)C3)cc1Cl. The number of amides is 1. The predicted octanol–water partition coefficient (Wildman–Crippen LogP) is 4.67. The first-order valence-corrected chi connectivity index (χ1v) is 8.39. The zero-order valence-electron chi connectivity index (χ0n) is 14.1. The highest BCUT2D eigenvalue weighted by molar-refractivity contribution is 6.33. The molecule has 1 saturated heterocycles. The minimum Gasteiger partial charge on any atom is -0.490 e. The van der Waals surface area contributed by atoms with Crippen molar-refractivity contribution in [1.29, 1.82) is 0 Å². The third-order valence-corrected chi connectivity index (χ3v) is 4.67. The molecule has 1 saturated carbocycles. The van der Waals surface area contributed by atoms with Crippen LogP contribution < -0.4 is 4.74 Å². The molecule has 1 aliphatic heterocycles. The monoisotopic (exact) mass is 348 g/mol. The van der Waals surface area contributed by atoms with Crippen molar-refractivity contribution in [1.82, 2.24) is 4.90 Å². The largest absolute Gasteiger partial charge is 0.490 e. The molecule has 1 heterocycles. The molecule has 0 N–H and O–H groups in total. The van der Waals surface area contributed by atoms with E-state index >= 15 is 0 Å². The number of ether oxygens (including phenoxy) is 2. The van der Waals surface area contributed by atoms with Crippen molar-refractivity contribution in [2.24, 2.45) is 5.41 Å². The van der Waals surface area contributed by atoms with Crippen LogP contribution in [0.25, 0.3) is 4.85 Å². The van der Waals surface area contributed by atoms with E-state index in [-0.39, 0.29) is 17.6 Å². The maximum Gasteiger partial charge on any atom is 0.410 e. The van der Waals surface area contributed by atoms with Crippen molar-refractivity contribution in [3.8, 4) is 5.75 Å². The Morgan fingerprint density at radius 2 is 2.04 bits per heavy atom. The third kappa shape index (κ3) is 3.44. The second-order valence-corrected chi connectivity index (χ2v) is 8.12. The average Bonchev–Trinajstić information content (AvgIpc) is 2.37. The number of carbonyl (C=O) groups is 1. The zero-order valence-corrected chi connectivity index (χ0v) is 14.9. The molecular weight excluding hydrogens is 328 g/mol. The Hall–Kier alpha value is -1.93. The van der Waals surface area contributed by atoms with Gasteiger partial charge in [-0.2, -0.15) is 0 Å². The van der Waals surface area contributed by atoms with Gasteiger partial charge < -0.3 is 14.4 Å². The van der Waals surface area contributed by atoms with Crippen LogP contribution in [0.15, 0.2) is 18.2 Å². The number of hydrogen-bond acceptors (Lipinski definition) is 3. The highest BCUT2D eigenvalue weighted by Crippen LogP contribution is 2.50. The van der Waals surface area contributed by atoms with Gasteiger partial charge in [-0.1, -0.05) is 17.7 Å². The molecule has 6 heteroatoms. The van der Waals surface area contributed by atoms with Crippen LogP contribution in [0, 0.1) is 12.0 Å². The molecule has 24 heavy (non-hydrogen) atoms. The summed E-state index contributed by atoms with van der Waals surface area (Å²) in [6.07, 6.45) is 1.75. The minimum atomic E-state index is -0.456. The van der Waals surface area contributed by atoms with Crippen molar-refractivity contribution in [3.63, 3.8) is 0 Å². The molecule has 1 aromatic rings. The quantitative estimate of drug-likeness (QED) is 0.729. The van der Waals surface area contributed by atoms with Crippen LogP contribution in [-0.4, -0.2) is 35.8 Å². The van der Waals surface area contributed by atoms with Gasteiger partial charge in [0.15, 0.2) is 0 Å². The number of benzene rings is 1. The first kappa shape index (κ1) is 16.9. The number of hydrogen-bond donors (Lipinski definition) is 0. The van der Waals surface area contributed by atoms with Crippen LogP contribution in [0.1, 0.15) is 33.6 Å². The lowest BCUT2D eigenvalue weighted by Crippen LogP contribution is -2.66. The first-order valence-electron chi connectivity index (χ1n) is 8.01. The lowest BCUT2D eigenvalue weighted by molar-refractivity contribution is -0.116. The van der Waals surface area contributed by atoms with Gasteiger partial charge in [-0.25, -0.2) is 9.64 Å². The summed E-state index contributed by atoms with van der Waals surface area (Å²) < 4.78 is 11.3. The van der Waals surface area contributed by atoms with Gasteiger partial charge in [0.1, 0.15) is 17.5 Å². The zero-order chi connectivity index (χ0) is 17.5. The van der Waals surface area contributed by atoms with E-state index in [0.29, 0.717) is 16.5 Å². The summed E-state index contributed by atoms with van der Waals surface area (Å²) >= 11 is 6.02. The molecule has 0 bridgehead atoms. The highest BCUT2D eigenvalue weighted by atomic mass is 35.5. The fourth-order valence-electron chi connectivity index (χ4n) is 3.31. The molecule has 2 fully saturated rings. The molecule has 1 aliphatic carbocycles. The Morgan fingerprint density at radius 3 is 2.58 bits per heavy atom. The standard InChI is InChI=1S/C18H21ClN2O3/c1-17(2,3)24-16(22)21-10-18(11-21)8-13(9-18)23-12-5-6-15(20-4)14(19)7-12/h5-7,13H,8-11H2,1-3H3. The van der Waals surface area contributed by atoms with Crippen molar-refractivity contribution >= 4 is 23.4 Å². The Kier molecular flexibility index (Phi) is 4.13. The van der Waals surface area contributed by atoms with E-state index < -0.39 is 5.60 Å². The molecular formula is C18H21ClN2O3. The van der Waals surface area contributed by atoms with Gasteiger partial charge >= 0.3 is 6.09 Å². The molecule has 1 amide bonds. The van der Waals surface area contributed by atoms with E-state index in [9.17, 15) is 4.79 Å². The molecule has 1 aromatic carbocycles. The van der Waals surface area contributed by atoms with E-state index in [0.717, 1.165) is 25.9 Å². The lowest BCUT2D eigenvalue weighted by atomic mass is 9.62. The minimum absolute atomic E-state index is 0.139. The molecule has 5 nitrogen and oxygen atoms in total. The lowest BCUT2D eigenvalue weighted by Gasteiger charge is -2.58. The molecule has 0 radical (unpaired) electrons. The molecule has 0 aromatic heterocycles. The van der Waals surface area contributed by atoms with Crippen LogP contribution >= 0.6 is 11.6 Å². The second kappa shape index (κ2) is 5.86. The van der Waals surface area contributed by atoms with Gasteiger partial charge in [0, 0.05) is 18.5 Å². The number of rotatable bonds is 2. The van der Waals surface area contributed by atoms with E-state index in [1.807, 2.05) is 20.8 Å². The van der Waals surface area contributed by atoms with Crippen molar-refractivity contribution < 1.29 is 14.3 Å². The Balaban J connectivity index is 1.47. The topological polar surface area (TPSA) is 43.1 Å². The van der Waals surface area contributed by atoms with Crippen molar-refractivity contribution in [2.75, 3.05) is 13.1 Å². The summed E-state index contributed by atoms with van der Waals surface area (Å²) in [6, 6.07) is 5.14. The summed E-state index contributed by atoms with van der Waals surface area (Å²) in [5, 5.41) is 0.413. The Labute approximate surface area is 147 Å². The van der Waals surface area contributed by atoms with E-state index in [1.165, 1.54) is 0 Å². The van der Waals surface area contributed by atoms with Gasteiger partial charge in [-0.15, -0.1) is 0 Å². The molecule has 0 atom stereocenters. The Morgan fingerprint density at radius 1 is 1.38 bits per heavy atom. The summed E-state index contributed by atoms with van der Waals surface area (Å²) in [6.45, 7) is 14.1. The molecule has 0 unspecified atom stereocenters. The number of carbonyl (C=O) groups excluding carboxylic acids is 1. The smallest absolute Gasteiger partial charge is 0.410 e. The summed E-state index contributed by atoms with van der Waals surface area (Å²) in [5.41, 5.74) is 0.157. The van der Waals surface area contributed by atoms with E-state index in [4.69, 9.17) is 27.6 Å². The van der Waals surface area contributed by atoms with Gasteiger partial charge in [0.2, 0.25) is 5.69 Å². The van der Waals surface area contributed by atoms with Gasteiger partial charge in [0.25, 0.3) is 0 Å². The maximum atomic E-state index is 12.0. The van der Waals surface area contributed by atoms with Crippen LogP contribution in [0.4, 0.5) is 10.5 Å². The second-order valence-electron chi connectivity index (χ2n) is 7.71. The fraction of sp³-hybridized carbons (Fsp3) is 0.556. The van der Waals surface area contributed by atoms with Gasteiger partial charge in [-0.05, 0) is 45.7 Å². The predicted molar refractivity (Wildman–Crippen MR) is 91.6 cm³/mol. The van der Waals surface area contributed by atoms with Crippen LogP contribution in [-0.2, 0) is 4.74 Å². The summed E-state index contributed by atoms with van der Waals surface area (Å²) in [7, 11) is 0. The van der Waals surface area contributed by atoms with Crippen LogP contribution in [0.5, 0.6) is 5.75 Å². The van der Waals surface area contributed by atoms with E-state index in [2.05, 4.69) is 4.85 Å². The summed E-state index contributed by atoms with van der Waals surface area (Å²) in [4.78, 5) is 17.1. The third-order valence-electron chi connectivity index (χ3n) is 4.37. The summed E-state index contributed by atoms with van der Waals surface area (Å²) in [5.74, 6) is 0.690. The highest BCUT2D eigenvalue weighted by Gasteiger charge is 2.55. The molecule has 3 rings (SSSR count). The van der Waals surface area contributed by atoms with Crippen LogP contribution in [0.2, 0.25) is 5.02 Å². The normalized spacial score (nSPS) is 19.2. The molecule has 1 spiro atoms. The van der Waals surface area contributed by atoms with E-state index in [1.54, 1.807) is 23.1 Å². The number of likely N-dealkylation sites (tertiary alicyclic amines) is 1. The average molecular weight is 349 g/mol.